The predicted octanol–water partition coefficient (Wildman–Crippen LogP) is 5.53. The van der Waals surface area contributed by atoms with Crippen LogP contribution in [0.2, 0.25) is 0 Å². The monoisotopic (exact) mass is 1050 g/mol. The highest BCUT2D eigenvalue weighted by molar-refractivity contribution is 5.96. The number of carboxylic acids is 1. The smallest absolute Gasteiger partial charge is 0.350 e. The van der Waals surface area contributed by atoms with Gasteiger partial charge in [0.15, 0.2) is 17.5 Å². The van der Waals surface area contributed by atoms with Crippen molar-refractivity contribution < 1.29 is 86.9 Å². The number of fused-ring (bicyclic) bond motifs is 5. The molecule has 4 fully saturated rings. The number of carbonyl (C=O) groups is 9. The third-order valence-electron chi connectivity index (χ3n) is 15.6. The van der Waals surface area contributed by atoms with Gasteiger partial charge in [-0.25, -0.2) is 9.59 Å². The Hall–Kier alpha value is -7.09. The third-order valence-corrected chi connectivity index (χ3v) is 15.6. The number of hydrogen-bond acceptors (Lipinski definition) is 17. The second-order valence-corrected chi connectivity index (χ2v) is 20.9. The van der Waals surface area contributed by atoms with E-state index in [0.29, 0.717) is 5.56 Å². The number of Topliss-reactive ketones (excluding diaryl/α,β-unsaturated/α-hetero) is 2. The van der Waals surface area contributed by atoms with Gasteiger partial charge in [-0.2, -0.15) is 0 Å². The summed E-state index contributed by atoms with van der Waals surface area (Å²) < 4.78 is 36.8. The van der Waals surface area contributed by atoms with Crippen LogP contribution in [-0.4, -0.2) is 123 Å². The van der Waals surface area contributed by atoms with E-state index in [2.05, 4.69) is 5.32 Å². The van der Waals surface area contributed by atoms with Crippen molar-refractivity contribution in [3.63, 3.8) is 0 Å². The first kappa shape index (κ1) is 56.6. The fourth-order valence-corrected chi connectivity index (χ4v) is 11.5. The maximum Gasteiger partial charge on any atom is 0.350 e. The Morgan fingerprint density at radius 3 is 1.91 bits per heavy atom. The van der Waals surface area contributed by atoms with Crippen LogP contribution in [-0.2, 0) is 62.0 Å². The first-order valence-corrected chi connectivity index (χ1v) is 25.3. The van der Waals surface area contributed by atoms with Gasteiger partial charge in [0, 0.05) is 63.4 Å². The number of carbonyl (C=O) groups excluding carboxylic acids is 8. The molecule has 1 unspecified atom stereocenters. The summed E-state index contributed by atoms with van der Waals surface area (Å²) in [5.41, 5.74) is -7.43. The van der Waals surface area contributed by atoms with Crippen molar-refractivity contribution in [2.75, 3.05) is 6.61 Å². The average molecular weight is 1050 g/mol. The van der Waals surface area contributed by atoms with Crippen molar-refractivity contribution >= 4 is 53.3 Å². The van der Waals surface area contributed by atoms with Crippen molar-refractivity contribution in [1.82, 2.24) is 5.32 Å². The summed E-state index contributed by atoms with van der Waals surface area (Å²) >= 11 is 0. The van der Waals surface area contributed by atoms with Crippen LogP contribution in [0.15, 0.2) is 102 Å². The normalized spacial score (nSPS) is 28.7. The van der Waals surface area contributed by atoms with Crippen LogP contribution in [0.4, 0.5) is 0 Å². The highest BCUT2D eigenvalue weighted by Crippen LogP contribution is 2.64. The minimum absolute atomic E-state index is 0.0236. The molecule has 2 bridgehead atoms. The van der Waals surface area contributed by atoms with E-state index < -0.39 is 125 Å². The lowest BCUT2D eigenvalue weighted by atomic mass is 9.44. The zero-order chi connectivity index (χ0) is 55.5. The SMILES string of the molecule is CC(=O)O.CC(=O)O[C@H]1C(=O)[C@@]2(C)[C@H]([C@H](OC(=O)c3ccccc3)[C@]3(O)C[C@H](OC(=O)C(OC(=O)CCCC(=O)C4CC4)[C@@H](NC(=O)c4ccccc4)c4ccccc4)C(C)=C1C3(C)C)[C@]1(OC(C)=O)CO[C@@H]1C[C@@H]2O. The van der Waals surface area contributed by atoms with E-state index in [9.17, 15) is 39.0 Å². The maximum absolute atomic E-state index is 15.7. The Bertz CT molecular complexity index is 2750. The molecule has 19 heteroatoms. The topological polar surface area (TPSA) is 282 Å². The van der Waals surface area contributed by atoms with Gasteiger partial charge in [0.25, 0.3) is 11.9 Å². The number of hydrogen-bond donors (Lipinski definition) is 4. The zero-order valence-corrected chi connectivity index (χ0v) is 43.5. The number of aliphatic hydroxyl groups is 2. The summed E-state index contributed by atoms with van der Waals surface area (Å²) in [7, 11) is 0. The molecular weight excluding hydrogens is 987 g/mol. The molecule has 11 atom stereocenters. The van der Waals surface area contributed by atoms with Gasteiger partial charge < -0.3 is 49.1 Å². The quantitative estimate of drug-likeness (QED) is 0.0780. The molecule has 19 nitrogen and oxygen atoms in total. The molecule has 4 N–H and O–H groups in total. The van der Waals surface area contributed by atoms with Crippen molar-refractivity contribution in [2.24, 2.45) is 22.7 Å². The molecule has 406 valence electrons. The van der Waals surface area contributed by atoms with Crippen LogP contribution in [0.5, 0.6) is 0 Å². The Kier molecular flexibility index (Phi) is 16.9. The first-order valence-electron chi connectivity index (χ1n) is 25.3. The average Bonchev–Trinajstić information content (AvgIpc) is 4.23. The van der Waals surface area contributed by atoms with E-state index in [1.807, 2.05) is 0 Å². The van der Waals surface area contributed by atoms with Crippen molar-refractivity contribution in [1.29, 1.82) is 0 Å². The van der Waals surface area contributed by atoms with Gasteiger partial charge in [-0.3, -0.25) is 33.6 Å². The number of rotatable bonds is 16. The zero-order valence-electron chi connectivity index (χ0n) is 43.5. The van der Waals surface area contributed by atoms with E-state index >= 15 is 9.59 Å². The number of esters is 5. The highest BCUT2D eigenvalue weighted by Gasteiger charge is 2.78. The van der Waals surface area contributed by atoms with Crippen LogP contribution < -0.4 is 5.32 Å². The van der Waals surface area contributed by atoms with Gasteiger partial charge in [-0.15, -0.1) is 0 Å². The minimum Gasteiger partial charge on any atom is -0.481 e. The number of amides is 1. The Morgan fingerprint density at radius 1 is 0.789 bits per heavy atom. The minimum atomic E-state index is -2.47. The first-order chi connectivity index (χ1) is 35.9. The molecule has 1 aliphatic heterocycles. The number of ether oxygens (including phenoxy) is 6. The molecule has 0 spiro atoms. The summed E-state index contributed by atoms with van der Waals surface area (Å²) in [4.78, 5) is 121. The van der Waals surface area contributed by atoms with Crippen LogP contribution in [0.1, 0.15) is 126 Å². The summed E-state index contributed by atoms with van der Waals surface area (Å²) in [5.74, 6) is -8.74. The molecular formula is C57H65NO18. The van der Waals surface area contributed by atoms with Gasteiger partial charge in [0.1, 0.15) is 35.7 Å². The molecule has 3 aromatic carbocycles. The molecule has 3 saturated carbocycles. The second kappa shape index (κ2) is 22.6. The number of carboxylic acid groups (broad SMARTS) is 1. The van der Waals surface area contributed by atoms with E-state index in [1.165, 1.54) is 26.0 Å². The summed E-state index contributed by atoms with van der Waals surface area (Å²) in [5, 5.41) is 36.4. The Morgan fingerprint density at radius 2 is 1.37 bits per heavy atom. The van der Waals surface area contributed by atoms with Gasteiger partial charge >= 0.3 is 29.8 Å². The lowest BCUT2D eigenvalue weighted by molar-refractivity contribution is -0.346. The van der Waals surface area contributed by atoms with E-state index in [0.717, 1.165) is 33.6 Å². The summed E-state index contributed by atoms with van der Waals surface area (Å²) in [6.45, 7) is 8.97. The number of aliphatic hydroxyl groups excluding tert-OH is 1. The molecule has 3 aromatic rings. The Labute approximate surface area is 439 Å². The van der Waals surface area contributed by atoms with Gasteiger partial charge in [0.2, 0.25) is 6.10 Å². The van der Waals surface area contributed by atoms with E-state index in [-0.39, 0.29) is 66.3 Å². The van der Waals surface area contributed by atoms with E-state index in [4.69, 9.17) is 38.3 Å². The fourth-order valence-electron chi connectivity index (χ4n) is 11.5. The van der Waals surface area contributed by atoms with Crippen molar-refractivity contribution in [2.45, 2.75) is 147 Å². The van der Waals surface area contributed by atoms with Crippen molar-refractivity contribution in [3.8, 4) is 0 Å². The largest absolute Gasteiger partial charge is 0.481 e. The number of benzene rings is 3. The third kappa shape index (κ3) is 11.2. The number of aliphatic carboxylic acids is 1. The van der Waals surface area contributed by atoms with Gasteiger partial charge in [0.05, 0.1) is 29.6 Å². The number of nitrogens with one attached hydrogen (secondary N) is 1. The summed E-state index contributed by atoms with van der Waals surface area (Å²) in [6.07, 6.45) is -9.21. The second-order valence-electron chi connectivity index (χ2n) is 20.9. The molecule has 4 aliphatic carbocycles. The van der Waals surface area contributed by atoms with Crippen molar-refractivity contribution in [3.05, 3.63) is 119 Å². The molecule has 8 rings (SSSR count). The Balaban J connectivity index is 0.00000203. The highest BCUT2D eigenvalue weighted by atomic mass is 16.6. The van der Waals surface area contributed by atoms with Crippen LogP contribution in [0, 0.1) is 22.7 Å². The molecule has 0 aromatic heterocycles. The molecule has 1 saturated heterocycles. The maximum atomic E-state index is 15.7. The lowest BCUT2D eigenvalue weighted by Crippen LogP contribution is -2.82. The van der Waals surface area contributed by atoms with Gasteiger partial charge in [-0.1, -0.05) is 80.6 Å². The molecule has 1 amide bonds. The standard InChI is InChI=1S/C55H61NO16.C2H4O2/c1-30-38(69-51(65)45(70-41(61)24-16-23-37(59)33-25-26-33)43(34-17-10-7-11-18-34)56-49(63)35-19-12-8-13-20-35)28-55(66)48(71-50(64)36-21-14-9-15-22-36)46-53(6,39(60)27-40-54(46,29-67-40)72-32(3)58)47(62)44(68-31(2)57)42(30)52(55,4)5;1-2(3)4/h7-15,17-22,33,38-40,43-46,48,60,66H,16,23-29H2,1-6H3,(H,56,63);1H3,(H,3,4)/t38-,39-,40+,43-,44+,45?,46-,48-,53+,54-,55+;/m0./s1. The van der Waals surface area contributed by atoms with Crippen LogP contribution in [0.3, 0.4) is 0 Å². The van der Waals surface area contributed by atoms with Gasteiger partial charge in [-0.05, 0) is 74.1 Å². The lowest BCUT2D eigenvalue weighted by Gasteiger charge is -2.67. The van der Waals surface area contributed by atoms with Crippen LogP contribution in [0.25, 0.3) is 0 Å². The summed E-state index contributed by atoms with van der Waals surface area (Å²) in [6, 6.07) is 22.8. The molecule has 1 heterocycles. The number of ketones is 2. The molecule has 0 radical (unpaired) electrons. The van der Waals surface area contributed by atoms with E-state index in [1.54, 1.807) is 92.7 Å². The molecule has 76 heavy (non-hydrogen) atoms. The fraction of sp³-hybridized carbons (Fsp3) is 0.491. The molecule has 5 aliphatic rings. The van der Waals surface area contributed by atoms with Crippen LogP contribution >= 0.6 is 0 Å². The predicted molar refractivity (Wildman–Crippen MR) is 266 cm³/mol.